The average Bonchev–Trinajstić information content (AvgIpc) is 3.21. The maximum atomic E-state index is 13.2. The molecule has 2 aromatic rings. The second-order valence-corrected chi connectivity index (χ2v) is 7.27. The van der Waals surface area contributed by atoms with Gasteiger partial charge in [-0.05, 0) is 30.7 Å². The van der Waals surface area contributed by atoms with E-state index in [-0.39, 0.29) is 12.4 Å². The van der Waals surface area contributed by atoms with Crippen molar-refractivity contribution in [3.05, 3.63) is 53.8 Å². The Hall–Kier alpha value is -3.14. The maximum Gasteiger partial charge on any atom is 0.435 e. The van der Waals surface area contributed by atoms with Gasteiger partial charge in [0.1, 0.15) is 11.5 Å². The summed E-state index contributed by atoms with van der Waals surface area (Å²) in [5.74, 6) is 0.348. The van der Waals surface area contributed by atoms with E-state index in [9.17, 15) is 18.0 Å². The van der Waals surface area contributed by atoms with E-state index in [1.165, 1.54) is 14.2 Å². The molecule has 1 aromatic heterocycles. The van der Waals surface area contributed by atoms with Gasteiger partial charge in [-0.15, -0.1) is 11.6 Å². The van der Waals surface area contributed by atoms with Gasteiger partial charge in [-0.3, -0.25) is 4.79 Å². The molecule has 0 radical (unpaired) electrons. The topological polar surface area (TPSA) is 74.6 Å². The van der Waals surface area contributed by atoms with Crippen molar-refractivity contribution in [2.24, 2.45) is 0 Å². The fourth-order valence-electron chi connectivity index (χ4n) is 2.99. The predicted octanol–water partition coefficient (Wildman–Crippen LogP) is 4.02. The van der Waals surface area contributed by atoms with E-state index in [0.29, 0.717) is 29.2 Å². The van der Waals surface area contributed by atoms with Crippen molar-refractivity contribution in [1.29, 1.82) is 0 Å². The van der Waals surface area contributed by atoms with E-state index in [0.717, 1.165) is 10.7 Å². The van der Waals surface area contributed by atoms with Crippen LogP contribution in [0.3, 0.4) is 0 Å². The quantitative estimate of drug-likeness (QED) is 0.589. The summed E-state index contributed by atoms with van der Waals surface area (Å²) in [6.45, 7) is -0.416. The van der Waals surface area contributed by atoms with Crippen molar-refractivity contribution in [3.63, 3.8) is 0 Å². The Morgan fingerprint density at radius 1 is 1.28 bits per heavy atom. The molecule has 1 aliphatic rings. The van der Waals surface area contributed by atoms with Crippen LogP contribution in [0, 0.1) is 0 Å². The van der Waals surface area contributed by atoms with Crippen molar-refractivity contribution in [1.82, 2.24) is 15.1 Å². The number of allylic oxidation sites excluding steroid dienone is 4. The van der Waals surface area contributed by atoms with Crippen LogP contribution in [-0.4, -0.2) is 41.9 Å². The van der Waals surface area contributed by atoms with Crippen LogP contribution < -0.4 is 19.5 Å². The van der Waals surface area contributed by atoms with Crippen LogP contribution in [0.2, 0.25) is 0 Å². The van der Waals surface area contributed by atoms with Crippen molar-refractivity contribution in [2.75, 3.05) is 20.8 Å². The third kappa shape index (κ3) is 5.56. The molecule has 3 rings (SSSR count). The smallest absolute Gasteiger partial charge is 0.435 e. The molecular formula is C21H21ClF3N3O4. The summed E-state index contributed by atoms with van der Waals surface area (Å²) in [4.78, 5) is 12.3. The number of hydrogen-bond acceptors (Lipinski definition) is 5. The second-order valence-electron chi connectivity index (χ2n) is 6.74. The summed E-state index contributed by atoms with van der Waals surface area (Å²) < 4.78 is 56.3. The molecule has 0 fully saturated rings. The number of benzene rings is 1. The lowest BCUT2D eigenvalue weighted by atomic mass is 10.1. The SMILES string of the molecule is COc1ccc(OC)c(CNC(=O)COc2cc(C(F)(F)F)nn2C2=CC=CCC2Cl)c1. The Labute approximate surface area is 187 Å². The number of carbonyl (C=O) groups excluding carboxylic acids is 1. The Bertz CT molecular complexity index is 1030. The Balaban J connectivity index is 1.71. The van der Waals surface area contributed by atoms with Crippen LogP contribution in [0.15, 0.2) is 42.5 Å². The third-order valence-electron chi connectivity index (χ3n) is 4.59. The molecule has 1 N–H and O–H groups in total. The molecule has 1 heterocycles. The fourth-order valence-corrected chi connectivity index (χ4v) is 3.26. The number of aromatic nitrogens is 2. The van der Waals surface area contributed by atoms with Gasteiger partial charge in [0.05, 0.1) is 25.3 Å². The van der Waals surface area contributed by atoms with E-state index in [1.807, 2.05) is 0 Å². The highest BCUT2D eigenvalue weighted by Crippen LogP contribution is 2.34. The number of methoxy groups -OCH3 is 2. The Morgan fingerprint density at radius 3 is 2.72 bits per heavy atom. The molecule has 32 heavy (non-hydrogen) atoms. The minimum Gasteiger partial charge on any atom is -0.497 e. The van der Waals surface area contributed by atoms with Gasteiger partial charge >= 0.3 is 6.18 Å². The lowest BCUT2D eigenvalue weighted by molar-refractivity contribution is -0.141. The zero-order valence-corrected chi connectivity index (χ0v) is 18.0. The molecule has 11 heteroatoms. The predicted molar refractivity (Wildman–Crippen MR) is 112 cm³/mol. The Kier molecular flexibility index (Phi) is 7.34. The molecular weight excluding hydrogens is 451 g/mol. The molecule has 1 unspecified atom stereocenters. The summed E-state index contributed by atoms with van der Waals surface area (Å²) in [7, 11) is 3.01. The van der Waals surface area contributed by atoms with Gasteiger partial charge in [0.25, 0.3) is 5.91 Å². The summed E-state index contributed by atoms with van der Waals surface area (Å²) in [6, 6.07) is 5.85. The third-order valence-corrected chi connectivity index (χ3v) is 5.00. The summed E-state index contributed by atoms with van der Waals surface area (Å²) >= 11 is 6.23. The van der Waals surface area contributed by atoms with Crippen LogP contribution in [0.1, 0.15) is 17.7 Å². The van der Waals surface area contributed by atoms with Crippen LogP contribution >= 0.6 is 11.6 Å². The highest BCUT2D eigenvalue weighted by atomic mass is 35.5. The number of ether oxygens (including phenoxy) is 3. The van der Waals surface area contributed by atoms with E-state index in [1.54, 1.807) is 36.4 Å². The first-order valence-corrected chi connectivity index (χ1v) is 9.95. The monoisotopic (exact) mass is 471 g/mol. The van der Waals surface area contributed by atoms with Gasteiger partial charge < -0.3 is 19.5 Å². The van der Waals surface area contributed by atoms with E-state index in [4.69, 9.17) is 25.8 Å². The van der Waals surface area contributed by atoms with Gasteiger partial charge in [0.15, 0.2) is 12.3 Å². The maximum absolute atomic E-state index is 13.2. The van der Waals surface area contributed by atoms with Crippen LogP contribution in [0.5, 0.6) is 17.4 Å². The number of rotatable bonds is 8. The minimum atomic E-state index is -4.68. The van der Waals surface area contributed by atoms with E-state index >= 15 is 0 Å². The molecule has 0 aliphatic heterocycles. The number of nitrogens with zero attached hydrogens (tertiary/aromatic N) is 2. The molecule has 0 saturated heterocycles. The molecule has 1 atom stereocenters. The molecule has 1 amide bonds. The largest absolute Gasteiger partial charge is 0.497 e. The minimum absolute atomic E-state index is 0.106. The summed E-state index contributed by atoms with van der Waals surface area (Å²) in [5.41, 5.74) is -0.164. The summed E-state index contributed by atoms with van der Waals surface area (Å²) in [5, 5.41) is 5.64. The van der Waals surface area contributed by atoms with Crippen LogP contribution in [0.25, 0.3) is 5.70 Å². The van der Waals surface area contributed by atoms with Crippen molar-refractivity contribution < 1.29 is 32.2 Å². The van der Waals surface area contributed by atoms with Crippen molar-refractivity contribution in [2.45, 2.75) is 24.5 Å². The lowest BCUT2D eigenvalue weighted by Crippen LogP contribution is -2.29. The highest BCUT2D eigenvalue weighted by molar-refractivity contribution is 6.25. The highest BCUT2D eigenvalue weighted by Gasteiger charge is 2.36. The fraction of sp³-hybridized carbons (Fsp3) is 0.333. The zero-order chi connectivity index (χ0) is 23.3. The average molecular weight is 472 g/mol. The number of carbonyl (C=O) groups is 1. The van der Waals surface area contributed by atoms with Crippen molar-refractivity contribution >= 4 is 23.2 Å². The molecule has 0 saturated carbocycles. The first-order valence-electron chi connectivity index (χ1n) is 9.51. The number of alkyl halides is 4. The standard InChI is InChI=1S/C21H21ClF3N3O4/c1-30-14-7-8-17(31-2)13(9-14)11-26-19(29)12-32-20-10-18(21(23,24)25)27-28(20)16-6-4-3-5-15(16)22/h3-4,6-10,15H,5,11-12H2,1-2H3,(H,26,29). The molecule has 172 valence electrons. The lowest BCUT2D eigenvalue weighted by Gasteiger charge is -2.17. The van der Waals surface area contributed by atoms with Gasteiger partial charge in [-0.2, -0.15) is 18.3 Å². The van der Waals surface area contributed by atoms with Crippen LogP contribution in [0.4, 0.5) is 13.2 Å². The number of nitrogens with one attached hydrogen (secondary N) is 1. The number of halogens is 4. The van der Waals surface area contributed by atoms with E-state index < -0.39 is 29.8 Å². The van der Waals surface area contributed by atoms with E-state index in [2.05, 4.69) is 10.4 Å². The summed E-state index contributed by atoms with van der Waals surface area (Å²) in [6.07, 6.45) is 0.756. The number of hydrogen-bond donors (Lipinski definition) is 1. The van der Waals surface area contributed by atoms with Crippen molar-refractivity contribution in [3.8, 4) is 17.4 Å². The molecule has 0 bridgehead atoms. The zero-order valence-electron chi connectivity index (χ0n) is 17.3. The second kappa shape index (κ2) is 9.99. The first-order chi connectivity index (χ1) is 15.2. The molecule has 1 aromatic carbocycles. The van der Waals surface area contributed by atoms with Gasteiger partial charge in [-0.1, -0.05) is 12.2 Å². The normalized spacial score (nSPS) is 15.8. The van der Waals surface area contributed by atoms with Gasteiger partial charge in [0, 0.05) is 18.2 Å². The number of amides is 1. The van der Waals surface area contributed by atoms with Gasteiger partial charge in [-0.25, -0.2) is 4.68 Å². The van der Waals surface area contributed by atoms with Crippen LogP contribution in [-0.2, 0) is 17.5 Å². The Morgan fingerprint density at radius 2 is 2.06 bits per heavy atom. The van der Waals surface area contributed by atoms with Gasteiger partial charge in [0.2, 0.25) is 5.88 Å². The molecule has 7 nitrogen and oxygen atoms in total. The first kappa shape index (κ1) is 23.5. The molecule has 0 spiro atoms. The molecule has 1 aliphatic carbocycles.